The molecule has 0 saturated heterocycles. The molecule has 1 atom stereocenters. The Balaban J connectivity index is 1.99. The zero-order chi connectivity index (χ0) is 13.0. The van der Waals surface area contributed by atoms with E-state index in [9.17, 15) is 9.50 Å². The molecule has 1 saturated carbocycles. The van der Waals surface area contributed by atoms with Gasteiger partial charge in [-0.15, -0.1) is 0 Å². The highest BCUT2D eigenvalue weighted by Crippen LogP contribution is 2.29. The molecule has 1 aliphatic carbocycles. The minimum absolute atomic E-state index is 0.337. The van der Waals surface area contributed by atoms with Crippen molar-refractivity contribution < 1.29 is 14.2 Å². The molecule has 0 aliphatic heterocycles. The summed E-state index contributed by atoms with van der Waals surface area (Å²) in [6.07, 6.45) is 5.60. The van der Waals surface area contributed by atoms with Gasteiger partial charge in [0.2, 0.25) is 0 Å². The lowest BCUT2D eigenvalue weighted by Gasteiger charge is -2.22. The number of ether oxygens (including phenoxy) is 1. The van der Waals surface area contributed by atoms with Gasteiger partial charge in [0, 0.05) is 5.56 Å². The average molecular weight is 252 g/mol. The fourth-order valence-electron chi connectivity index (χ4n) is 2.54. The summed E-state index contributed by atoms with van der Waals surface area (Å²) in [5, 5.41) is 9.62. The van der Waals surface area contributed by atoms with Crippen molar-refractivity contribution in [2.45, 2.75) is 45.1 Å². The van der Waals surface area contributed by atoms with Crippen LogP contribution in [0.1, 0.15) is 50.7 Å². The Kier molecular flexibility index (Phi) is 4.59. The SMILES string of the molecule is CC(O)c1cc(F)ccc1OCC1CCCCC1. The molecule has 3 heteroatoms. The molecule has 0 heterocycles. The Morgan fingerprint density at radius 3 is 2.72 bits per heavy atom. The van der Waals surface area contributed by atoms with Crippen molar-refractivity contribution in [3.05, 3.63) is 29.6 Å². The maximum atomic E-state index is 13.1. The van der Waals surface area contributed by atoms with E-state index in [1.165, 1.54) is 44.2 Å². The van der Waals surface area contributed by atoms with Crippen molar-refractivity contribution in [3.63, 3.8) is 0 Å². The Labute approximate surface area is 108 Å². The van der Waals surface area contributed by atoms with Crippen molar-refractivity contribution in [1.82, 2.24) is 0 Å². The van der Waals surface area contributed by atoms with E-state index >= 15 is 0 Å². The molecule has 18 heavy (non-hydrogen) atoms. The van der Waals surface area contributed by atoms with E-state index in [4.69, 9.17) is 4.74 Å². The zero-order valence-electron chi connectivity index (χ0n) is 10.9. The lowest BCUT2D eigenvalue weighted by molar-refractivity contribution is 0.177. The summed E-state index contributed by atoms with van der Waals surface area (Å²) in [5.41, 5.74) is 0.533. The number of hydrogen-bond acceptors (Lipinski definition) is 2. The second-order valence-corrected chi connectivity index (χ2v) is 5.17. The summed E-state index contributed by atoms with van der Waals surface area (Å²) >= 11 is 0. The largest absolute Gasteiger partial charge is 0.493 e. The number of hydrogen-bond donors (Lipinski definition) is 1. The summed E-state index contributed by atoms with van der Waals surface area (Å²) in [6.45, 7) is 2.30. The van der Waals surface area contributed by atoms with Gasteiger partial charge in [0.1, 0.15) is 11.6 Å². The lowest BCUT2D eigenvalue weighted by Crippen LogP contribution is -2.16. The fourth-order valence-corrected chi connectivity index (χ4v) is 2.54. The van der Waals surface area contributed by atoms with E-state index < -0.39 is 6.10 Å². The van der Waals surface area contributed by atoms with Crippen molar-refractivity contribution in [1.29, 1.82) is 0 Å². The molecule has 0 amide bonds. The molecule has 0 spiro atoms. The fraction of sp³-hybridized carbons (Fsp3) is 0.600. The van der Waals surface area contributed by atoms with Crippen LogP contribution in [0, 0.1) is 11.7 Å². The van der Waals surface area contributed by atoms with Gasteiger partial charge in [-0.2, -0.15) is 0 Å². The van der Waals surface area contributed by atoms with Crippen LogP contribution in [0.2, 0.25) is 0 Å². The molecular formula is C15H21FO2. The van der Waals surface area contributed by atoms with E-state index in [1.807, 2.05) is 0 Å². The first-order valence-electron chi connectivity index (χ1n) is 6.77. The maximum absolute atomic E-state index is 13.1. The van der Waals surface area contributed by atoms with Gasteiger partial charge in [-0.1, -0.05) is 19.3 Å². The molecule has 2 rings (SSSR count). The molecule has 1 aromatic carbocycles. The number of aliphatic hydroxyl groups is 1. The zero-order valence-corrected chi connectivity index (χ0v) is 10.9. The van der Waals surface area contributed by atoms with E-state index in [-0.39, 0.29) is 5.82 Å². The second-order valence-electron chi connectivity index (χ2n) is 5.17. The highest BCUT2D eigenvalue weighted by Gasteiger charge is 2.16. The van der Waals surface area contributed by atoms with Gasteiger partial charge in [-0.25, -0.2) is 4.39 Å². The molecule has 1 aliphatic rings. The standard InChI is InChI=1S/C15H21FO2/c1-11(17)14-9-13(16)7-8-15(14)18-10-12-5-3-2-4-6-12/h7-9,11-12,17H,2-6,10H2,1H3. The Hall–Kier alpha value is -1.09. The maximum Gasteiger partial charge on any atom is 0.125 e. The molecule has 1 N–H and O–H groups in total. The van der Waals surface area contributed by atoms with Crippen molar-refractivity contribution >= 4 is 0 Å². The molecule has 1 unspecified atom stereocenters. The van der Waals surface area contributed by atoms with Crippen LogP contribution in [0.15, 0.2) is 18.2 Å². The Bertz CT molecular complexity index is 384. The smallest absolute Gasteiger partial charge is 0.125 e. The number of aliphatic hydroxyl groups excluding tert-OH is 1. The summed E-state index contributed by atoms with van der Waals surface area (Å²) in [6, 6.07) is 4.34. The first-order valence-corrected chi connectivity index (χ1v) is 6.77. The van der Waals surface area contributed by atoms with E-state index in [2.05, 4.69) is 0 Å². The minimum atomic E-state index is -0.706. The van der Waals surface area contributed by atoms with E-state index in [0.29, 0.717) is 23.8 Å². The van der Waals surface area contributed by atoms with Crippen LogP contribution in [0.25, 0.3) is 0 Å². The summed E-state index contributed by atoms with van der Waals surface area (Å²) in [4.78, 5) is 0. The Morgan fingerprint density at radius 2 is 2.06 bits per heavy atom. The van der Waals surface area contributed by atoms with Gasteiger partial charge in [0.25, 0.3) is 0 Å². The monoisotopic (exact) mass is 252 g/mol. The van der Waals surface area contributed by atoms with Crippen LogP contribution in [-0.4, -0.2) is 11.7 Å². The topological polar surface area (TPSA) is 29.5 Å². The van der Waals surface area contributed by atoms with Crippen molar-refractivity contribution in [2.24, 2.45) is 5.92 Å². The summed E-state index contributed by atoms with van der Waals surface area (Å²) in [5.74, 6) is 0.874. The highest BCUT2D eigenvalue weighted by atomic mass is 19.1. The van der Waals surface area contributed by atoms with E-state index in [1.54, 1.807) is 13.0 Å². The molecule has 0 bridgehead atoms. The highest BCUT2D eigenvalue weighted by molar-refractivity contribution is 5.35. The minimum Gasteiger partial charge on any atom is -0.493 e. The van der Waals surface area contributed by atoms with Crippen LogP contribution in [-0.2, 0) is 0 Å². The molecule has 1 aromatic rings. The molecule has 2 nitrogen and oxygen atoms in total. The third kappa shape index (κ3) is 3.45. The predicted molar refractivity (Wildman–Crippen MR) is 69.1 cm³/mol. The third-order valence-electron chi connectivity index (χ3n) is 3.62. The first-order chi connectivity index (χ1) is 8.66. The van der Waals surface area contributed by atoms with Gasteiger partial charge in [0.15, 0.2) is 0 Å². The quantitative estimate of drug-likeness (QED) is 0.882. The number of rotatable bonds is 4. The molecule has 1 fully saturated rings. The number of benzene rings is 1. The van der Waals surface area contributed by atoms with Crippen LogP contribution in [0.3, 0.4) is 0 Å². The van der Waals surface area contributed by atoms with Crippen LogP contribution in [0.4, 0.5) is 4.39 Å². The molecular weight excluding hydrogens is 231 g/mol. The van der Waals surface area contributed by atoms with Crippen LogP contribution in [0.5, 0.6) is 5.75 Å². The lowest BCUT2D eigenvalue weighted by atomic mass is 9.90. The predicted octanol–water partition coefficient (Wildman–Crippen LogP) is 3.84. The van der Waals surface area contributed by atoms with Gasteiger partial charge in [0.05, 0.1) is 12.7 Å². The summed E-state index contributed by atoms with van der Waals surface area (Å²) < 4.78 is 18.9. The second kappa shape index (κ2) is 6.19. The van der Waals surface area contributed by atoms with Gasteiger partial charge < -0.3 is 9.84 Å². The Morgan fingerprint density at radius 1 is 1.33 bits per heavy atom. The van der Waals surface area contributed by atoms with Gasteiger partial charge in [-0.3, -0.25) is 0 Å². The normalized spacial score (nSPS) is 18.6. The van der Waals surface area contributed by atoms with Crippen molar-refractivity contribution in [3.8, 4) is 5.75 Å². The van der Waals surface area contributed by atoms with E-state index in [0.717, 1.165) is 0 Å². The van der Waals surface area contributed by atoms with Gasteiger partial charge in [-0.05, 0) is 43.9 Å². The van der Waals surface area contributed by atoms with Gasteiger partial charge >= 0.3 is 0 Å². The van der Waals surface area contributed by atoms with Crippen LogP contribution < -0.4 is 4.74 Å². The van der Waals surface area contributed by atoms with Crippen molar-refractivity contribution in [2.75, 3.05) is 6.61 Å². The number of halogens is 1. The molecule has 100 valence electrons. The first kappa shape index (κ1) is 13.3. The summed E-state index contributed by atoms with van der Waals surface area (Å²) in [7, 11) is 0. The van der Waals surface area contributed by atoms with Crippen LogP contribution >= 0.6 is 0 Å². The average Bonchev–Trinajstić information content (AvgIpc) is 2.38. The molecule has 0 aromatic heterocycles. The molecule has 0 radical (unpaired) electrons. The third-order valence-corrected chi connectivity index (χ3v) is 3.62.